The summed E-state index contributed by atoms with van der Waals surface area (Å²) in [5.74, 6) is 0.980. The number of fused-ring (bicyclic) bond motifs is 3. The van der Waals surface area contributed by atoms with Gasteiger partial charge in [0.15, 0.2) is 0 Å². The van der Waals surface area contributed by atoms with Crippen LogP contribution in [0.5, 0.6) is 5.75 Å². The number of amides is 2. The van der Waals surface area contributed by atoms with Crippen LogP contribution in [0.4, 0.5) is 16.2 Å². The Morgan fingerprint density at radius 1 is 1.21 bits per heavy atom. The largest absolute Gasteiger partial charge is 0.497 e. The maximum atomic E-state index is 13.1. The lowest BCUT2D eigenvalue weighted by molar-refractivity contribution is -0.117. The summed E-state index contributed by atoms with van der Waals surface area (Å²) in [6.07, 6.45) is -0.122. The summed E-state index contributed by atoms with van der Waals surface area (Å²) in [6, 6.07) is 14.0. The van der Waals surface area contributed by atoms with Crippen LogP contribution in [0.25, 0.3) is 0 Å². The Morgan fingerprint density at radius 3 is 2.72 bits per heavy atom. The SMILES string of the molecule is COc1ccc(CN2C(=O)CN3c4c(cccc42)[C@@H]2CN(C(=O)O)CC[C@@H]23)cc1. The van der Waals surface area contributed by atoms with Crippen LogP contribution in [0, 0.1) is 0 Å². The van der Waals surface area contributed by atoms with Gasteiger partial charge in [-0.3, -0.25) is 4.79 Å². The minimum absolute atomic E-state index is 0.0757. The molecule has 1 saturated heterocycles. The molecule has 1 N–H and O–H groups in total. The van der Waals surface area contributed by atoms with E-state index in [9.17, 15) is 14.7 Å². The number of para-hydroxylation sites is 1. The first-order valence-corrected chi connectivity index (χ1v) is 9.87. The lowest BCUT2D eigenvalue weighted by Gasteiger charge is -2.41. The Bertz CT molecular complexity index is 975. The van der Waals surface area contributed by atoms with E-state index in [1.165, 1.54) is 4.90 Å². The molecule has 0 bridgehead atoms. The first kappa shape index (κ1) is 17.8. The van der Waals surface area contributed by atoms with E-state index < -0.39 is 6.09 Å². The third-order valence-electron chi connectivity index (χ3n) is 6.38. The Hall–Kier alpha value is -3.22. The van der Waals surface area contributed by atoms with Gasteiger partial charge in [-0.2, -0.15) is 0 Å². The van der Waals surface area contributed by atoms with Crippen molar-refractivity contribution in [2.45, 2.75) is 24.9 Å². The van der Waals surface area contributed by atoms with Gasteiger partial charge in [-0.15, -0.1) is 0 Å². The number of nitrogens with zero attached hydrogens (tertiary/aromatic N) is 3. The molecule has 0 radical (unpaired) electrons. The number of carbonyl (C=O) groups excluding carboxylic acids is 1. The highest BCUT2D eigenvalue weighted by atomic mass is 16.5. The van der Waals surface area contributed by atoms with Crippen LogP contribution in [0.1, 0.15) is 23.5 Å². The van der Waals surface area contributed by atoms with Crippen molar-refractivity contribution < 1.29 is 19.4 Å². The monoisotopic (exact) mass is 393 g/mol. The minimum atomic E-state index is -0.869. The fraction of sp³-hybridized carbons (Fsp3) is 0.364. The summed E-state index contributed by atoms with van der Waals surface area (Å²) in [5, 5.41) is 9.42. The average molecular weight is 393 g/mol. The van der Waals surface area contributed by atoms with Gasteiger partial charge < -0.3 is 24.5 Å². The standard InChI is InChI=1S/C22H23N3O4/c1-29-15-7-5-14(6-8-15)11-24-19-4-2-3-16-17-12-23(22(27)28)10-9-18(17)25(21(16)19)13-20(24)26/h2-8,17-18H,9-13H2,1H3,(H,27,28)/t17-,18-/m0/s1. The zero-order valence-corrected chi connectivity index (χ0v) is 16.2. The van der Waals surface area contributed by atoms with E-state index in [1.54, 1.807) is 7.11 Å². The first-order chi connectivity index (χ1) is 14.1. The first-order valence-electron chi connectivity index (χ1n) is 9.87. The fourth-order valence-electron chi connectivity index (χ4n) is 4.99. The summed E-state index contributed by atoms with van der Waals surface area (Å²) >= 11 is 0. The quantitative estimate of drug-likeness (QED) is 0.868. The predicted molar refractivity (Wildman–Crippen MR) is 109 cm³/mol. The molecule has 3 heterocycles. The Morgan fingerprint density at radius 2 is 2.00 bits per heavy atom. The lowest BCUT2D eigenvalue weighted by atomic mass is 9.89. The van der Waals surface area contributed by atoms with Gasteiger partial charge in [-0.1, -0.05) is 24.3 Å². The number of piperidine rings is 1. The number of anilines is 2. The van der Waals surface area contributed by atoms with Crippen LogP contribution in [0.2, 0.25) is 0 Å². The van der Waals surface area contributed by atoms with Gasteiger partial charge in [0.1, 0.15) is 5.75 Å². The highest BCUT2D eigenvalue weighted by Gasteiger charge is 2.47. The molecule has 7 heteroatoms. The number of ether oxygens (including phenoxy) is 1. The van der Waals surface area contributed by atoms with Crippen LogP contribution in [-0.2, 0) is 11.3 Å². The lowest BCUT2D eigenvalue weighted by Crippen LogP contribution is -2.52. The highest BCUT2D eigenvalue weighted by Crippen LogP contribution is 2.51. The summed E-state index contributed by atoms with van der Waals surface area (Å²) in [6.45, 7) is 1.85. The summed E-state index contributed by atoms with van der Waals surface area (Å²) in [4.78, 5) is 30.1. The molecule has 0 spiro atoms. The molecule has 0 saturated carbocycles. The van der Waals surface area contributed by atoms with Gasteiger partial charge in [-0.25, -0.2) is 4.79 Å². The number of carboxylic acid groups (broad SMARTS) is 1. The summed E-state index contributed by atoms with van der Waals surface area (Å²) in [5.41, 5.74) is 4.22. The van der Waals surface area contributed by atoms with Crippen molar-refractivity contribution in [1.82, 2.24) is 4.90 Å². The molecular formula is C22H23N3O4. The number of hydrogen-bond acceptors (Lipinski definition) is 4. The van der Waals surface area contributed by atoms with Crippen molar-refractivity contribution in [3.05, 3.63) is 53.6 Å². The molecule has 0 aromatic heterocycles. The molecule has 0 unspecified atom stereocenters. The number of methoxy groups -OCH3 is 1. The average Bonchev–Trinajstić information content (AvgIpc) is 3.05. The van der Waals surface area contributed by atoms with Gasteiger partial charge in [0.05, 0.1) is 31.6 Å². The van der Waals surface area contributed by atoms with Crippen molar-refractivity contribution in [2.75, 3.05) is 36.5 Å². The molecule has 2 aromatic rings. The van der Waals surface area contributed by atoms with Crippen LogP contribution in [0.15, 0.2) is 42.5 Å². The zero-order chi connectivity index (χ0) is 20.1. The number of rotatable bonds is 3. The van der Waals surface area contributed by atoms with E-state index in [1.807, 2.05) is 41.3 Å². The van der Waals surface area contributed by atoms with E-state index in [0.717, 1.165) is 34.7 Å². The maximum absolute atomic E-state index is 13.1. The number of benzene rings is 2. The van der Waals surface area contributed by atoms with E-state index in [-0.39, 0.29) is 17.9 Å². The third kappa shape index (κ3) is 2.80. The molecule has 5 rings (SSSR count). The van der Waals surface area contributed by atoms with Crippen LogP contribution >= 0.6 is 0 Å². The molecule has 150 valence electrons. The van der Waals surface area contributed by atoms with Gasteiger partial charge in [0.2, 0.25) is 5.91 Å². The van der Waals surface area contributed by atoms with Crippen LogP contribution in [0.3, 0.4) is 0 Å². The van der Waals surface area contributed by atoms with Gasteiger partial charge >= 0.3 is 6.09 Å². The molecule has 2 aromatic carbocycles. The predicted octanol–water partition coefficient (Wildman–Crippen LogP) is 2.90. The van der Waals surface area contributed by atoms with E-state index in [4.69, 9.17) is 4.74 Å². The molecule has 3 aliphatic heterocycles. The van der Waals surface area contributed by atoms with E-state index >= 15 is 0 Å². The van der Waals surface area contributed by atoms with Gasteiger partial charge in [0, 0.05) is 25.0 Å². The molecule has 3 aliphatic rings. The smallest absolute Gasteiger partial charge is 0.407 e. The van der Waals surface area contributed by atoms with Crippen molar-refractivity contribution in [3.8, 4) is 5.75 Å². The fourth-order valence-corrected chi connectivity index (χ4v) is 4.99. The Kier molecular flexibility index (Phi) is 4.12. The Balaban J connectivity index is 1.49. The van der Waals surface area contributed by atoms with Crippen molar-refractivity contribution in [2.24, 2.45) is 0 Å². The second-order valence-electron chi connectivity index (χ2n) is 7.86. The number of carbonyl (C=O) groups is 2. The van der Waals surface area contributed by atoms with Gasteiger partial charge in [-0.05, 0) is 35.7 Å². The summed E-state index contributed by atoms with van der Waals surface area (Å²) < 4.78 is 5.22. The van der Waals surface area contributed by atoms with Crippen molar-refractivity contribution >= 4 is 23.4 Å². The normalized spacial score (nSPS) is 22.4. The van der Waals surface area contributed by atoms with E-state index in [0.29, 0.717) is 26.2 Å². The minimum Gasteiger partial charge on any atom is -0.497 e. The molecule has 0 aliphatic carbocycles. The van der Waals surface area contributed by atoms with Gasteiger partial charge in [0.25, 0.3) is 0 Å². The van der Waals surface area contributed by atoms with Crippen molar-refractivity contribution in [3.63, 3.8) is 0 Å². The second-order valence-corrected chi connectivity index (χ2v) is 7.86. The Labute approximate surface area is 169 Å². The molecule has 2 amide bonds. The zero-order valence-electron chi connectivity index (χ0n) is 16.2. The third-order valence-corrected chi connectivity index (χ3v) is 6.38. The molecular weight excluding hydrogens is 370 g/mol. The second kappa shape index (κ2) is 6.69. The number of likely N-dealkylation sites (tertiary alicyclic amines) is 1. The molecule has 1 fully saturated rings. The summed E-state index contributed by atoms with van der Waals surface area (Å²) in [7, 11) is 1.63. The molecule has 29 heavy (non-hydrogen) atoms. The van der Waals surface area contributed by atoms with E-state index in [2.05, 4.69) is 11.0 Å². The topological polar surface area (TPSA) is 73.3 Å². The number of hydrogen-bond donors (Lipinski definition) is 1. The van der Waals surface area contributed by atoms with Crippen LogP contribution in [-0.4, -0.2) is 54.8 Å². The highest BCUT2D eigenvalue weighted by molar-refractivity contribution is 6.05. The molecule has 7 nitrogen and oxygen atoms in total. The maximum Gasteiger partial charge on any atom is 0.407 e. The van der Waals surface area contributed by atoms with Crippen LogP contribution < -0.4 is 14.5 Å². The van der Waals surface area contributed by atoms with Crippen molar-refractivity contribution in [1.29, 1.82) is 0 Å². The molecule has 2 atom stereocenters.